The van der Waals surface area contributed by atoms with Gasteiger partial charge < -0.3 is 15.7 Å². The van der Waals surface area contributed by atoms with E-state index >= 15 is 0 Å². The van der Waals surface area contributed by atoms with E-state index in [1.54, 1.807) is 0 Å². The van der Waals surface area contributed by atoms with Crippen LogP contribution < -0.4 is 10.6 Å². The van der Waals surface area contributed by atoms with Crippen molar-refractivity contribution in [3.05, 3.63) is 34.4 Å². The van der Waals surface area contributed by atoms with Crippen LogP contribution in [-0.4, -0.2) is 36.8 Å². The SMILES string of the molecule is Cc1cc(C)c(C(=O)NC[C@@H]2CCNC[C@H]2O)cc1C. The number of amides is 1. The zero-order valence-corrected chi connectivity index (χ0v) is 12.5. The first-order chi connectivity index (χ1) is 9.49. The van der Waals surface area contributed by atoms with Gasteiger partial charge in [0.1, 0.15) is 0 Å². The van der Waals surface area contributed by atoms with Gasteiger partial charge >= 0.3 is 0 Å². The first-order valence-electron chi connectivity index (χ1n) is 7.24. The Bertz CT molecular complexity index is 499. The van der Waals surface area contributed by atoms with Crippen molar-refractivity contribution < 1.29 is 9.90 Å². The molecule has 2 rings (SSSR count). The summed E-state index contributed by atoms with van der Waals surface area (Å²) >= 11 is 0. The van der Waals surface area contributed by atoms with Crippen molar-refractivity contribution in [1.29, 1.82) is 0 Å². The molecular weight excluding hydrogens is 252 g/mol. The predicted octanol–water partition coefficient (Wildman–Crippen LogP) is 1.31. The average molecular weight is 276 g/mol. The zero-order chi connectivity index (χ0) is 14.7. The van der Waals surface area contributed by atoms with E-state index in [1.807, 2.05) is 26.0 Å². The van der Waals surface area contributed by atoms with E-state index in [4.69, 9.17) is 0 Å². The highest BCUT2D eigenvalue weighted by molar-refractivity contribution is 5.95. The minimum Gasteiger partial charge on any atom is -0.391 e. The molecule has 3 N–H and O–H groups in total. The van der Waals surface area contributed by atoms with Crippen LogP contribution in [0, 0.1) is 26.7 Å². The van der Waals surface area contributed by atoms with E-state index in [1.165, 1.54) is 5.56 Å². The summed E-state index contributed by atoms with van der Waals surface area (Å²) in [6.45, 7) is 8.08. The number of piperidine rings is 1. The molecule has 1 aliphatic heterocycles. The van der Waals surface area contributed by atoms with Gasteiger partial charge in [0.25, 0.3) is 5.91 Å². The lowest BCUT2D eigenvalue weighted by Gasteiger charge is -2.28. The Morgan fingerprint density at radius 1 is 1.30 bits per heavy atom. The third-order valence-electron chi connectivity index (χ3n) is 4.20. The first kappa shape index (κ1) is 15.0. The number of hydrogen-bond acceptors (Lipinski definition) is 3. The molecule has 1 amide bonds. The van der Waals surface area contributed by atoms with Crippen LogP contribution in [0.1, 0.15) is 33.5 Å². The van der Waals surface area contributed by atoms with Crippen molar-refractivity contribution in [2.24, 2.45) is 5.92 Å². The molecule has 1 aliphatic rings. The fourth-order valence-electron chi connectivity index (χ4n) is 2.66. The number of carbonyl (C=O) groups excluding carboxylic acids is 1. The third kappa shape index (κ3) is 3.38. The van der Waals surface area contributed by atoms with Crippen LogP contribution >= 0.6 is 0 Å². The van der Waals surface area contributed by atoms with Crippen molar-refractivity contribution in [1.82, 2.24) is 10.6 Å². The monoisotopic (exact) mass is 276 g/mol. The highest BCUT2D eigenvalue weighted by Crippen LogP contribution is 2.16. The molecule has 1 fully saturated rings. The van der Waals surface area contributed by atoms with Crippen LogP contribution in [0.25, 0.3) is 0 Å². The van der Waals surface area contributed by atoms with Crippen molar-refractivity contribution >= 4 is 5.91 Å². The minimum atomic E-state index is -0.370. The van der Waals surface area contributed by atoms with Gasteiger partial charge in [0.05, 0.1) is 6.10 Å². The maximum absolute atomic E-state index is 12.3. The summed E-state index contributed by atoms with van der Waals surface area (Å²) < 4.78 is 0. The number of aliphatic hydroxyl groups is 1. The second-order valence-corrected chi connectivity index (χ2v) is 5.78. The van der Waals surface area contributed by atoms with Gasteiger partial charge in [-0.2, -0.15) is 0 Å². The summed E-state index contributed by atoms with van der Waals surface area (Å²) in [5.74, 6) is 0.100. The molecule has 0 bridgehead atoms. The number of nitrogens with one attached hydrogen (secondary N) is 2. The van der Waals surface area contributed by atoms with Crippen LogP contribution in [0.3, 0.4) is 0 Å². The van der Waals surface area contributed by atoms with Gasteiger partial charge in [-0.25, -0.2) is 0 Å². The van der Waals surface area contributed by atoms with Crippen LogP contribution in [-0.2, 0) is 0 Å². The largest absolute Gasteiger partial charge is 0.391 e. The molecule has 4 heteroatoms. The number of aryl methyl sites for hydroxylation is 3. The maximum Gasteiger partial charge on any atom is 0.251 e. The molecule has 2 atom stereocenters. The second kappa shape index (κ2) is 6.37. The molecule has 110 valence electrons. The molecule has 0 aliphatic carbocycles. The molecule has 1 saturated heterocycles. The Balaban J connectivity index is 2.00. The van der Waals surface area contributed by atoms with E-state index in [0.29, 0.717) is 13.1 Å². The number of rotatable bonds is 3. The summed E-state index contributed by atoms with van der Waals surface area (Å²) in [5, 5.41) is 16.0. The van der Waals surface area contributed by atoms with E-state index in [2.05, 4.69) is 17.6 Å². The molecule has 0 unspecified atom stereocenters. The van der Waals surface area contributed by atoms with E-state index < -0.39 is 0 Å². The van der Waals surface area contributed by atoms with E-state index in [-0.39, 0.29) is 17.9 Å². The Morgan fingerprint density at radius 2 is 2.00 bits per heavy atom. The molecule has 1 aromatic carbocycles. The average Bonchev–Trinajstić information content (AvgIpc) is 2.41. The van der Waals surface area contributed by atoms with Gasteiger partial charge in [0.2, 0.25) is 0 Å². The topological polar surface area (TPSA) is 61.4 Å². The normalized spacial score (nSPS) is 22.6. The van der Waals surface area contributed by atoms with E-state index in [0.717, 1.165) is 29.7 Å². The predicted molar refractivity (Wildman–Crippen MR) is 80.0 cm³/mol. The molecule has 4 nitrogen and oxygen atoms in total. The molecule has 0 saturated carbocycles. The molecule has 1 aromatic rings. The molecule has 0 aromatic heterocycles. The quantitative estimate of drug-likeness (QED) is 0.780. The molecular formula is C16H24N2O2. The summed E-state index contributed by atoms with van der Waals surface area (Å²) in [6.07, 6.45) is 0.526. The zero-order valence-electron chi connectivity index (χ0n) is 12.5. The lowest BCUT2D eigenvalue weighted by Crippen LogP contribution is -2.45. The Labute approximate surface area is 120 Å². The highest BCUT2D eigenvalue weighted by atomic mass is 16.3. The summed E-state index contributed by atoms with van der Waals surface area (Å²) in [7, 11) is 0. The van der Waals surface area contributed by atoms with Gasteiger partial charge in [-0.05, 0) is 56.5 Å². The van der Waals surface area contributed by atoms with Gasteiger partial charge in [-0.15, -0.1) is 0 Å². The number of carbonyl (C=O) groups is 1. The van der Waals surface area contributed by atoms with Crippen LogP contribution in [0.4, 0.5) is 0 Å². The van der Waals surface area contributed by atoms with Gasteiger partial charge in [-0.3, -0.25) is 4.79 Å². The van der Waals surface area contributed by atoms with Crippen molar-refractivity contribution in [2.45, 2.75) is 33.3 Å². The Morgan fingerprint density at radius 3 is 2.70 bits per heavy atom. The standard InChI is InChI=1S/C16H24N2O2/c1-10-6-12(3)14(7-11(10)2)16(20)18-8-13-4-5-17-9-15(13)19/h6-7,13,15,17,19H,4-5,8-9H2,1-3H3,(H,18,20)/t13-,15+/m0/s1. The summed E-state index contributed by atoms with van der Waals surface area (Å²) in [5.41, 5.74) is 4.06. The molecule has 1 heterocycles. The fourth-order valence-corrected chi connectivity index (χ4v) is 2.66. The second-order valence-electron chi connectivity index (χ2n) is 5.78. The van der Waals surface area contributed by atoms with Crippen molar-refractivity contribution in [3.8, 4) is 0 Å². The molecule has 20 heavy (non-hydrogen) atoms. The van der Waals surface area contributed by atoms with Gasteiger partial charge in [0.15, 0.2) is 0 Å². The number of benzene rings is 1. The van der Waals surface area contributed by atoms with Crippen LogP contribution in [0.15, 0.2) is 12.1 Å². The Kier molecular flexibility index (Phi) is 4.78. The van der Waals surface area contributed by atoms with Gasteiger partial charge in [0, 0.05) is 24.6 Å². The van der Waals surface area contributed by atoms with Crippen molar-refractivity contribution in [2.75, 3.05) is 19.6 Å². The lowest BCUT2D eigenvalue weighted by atomic mass is 9.94. The van der Waals surface area contributed by atoms with E-state index in [9.17, 15) is 9.90 Å². The fraction of sp³-hybridized carbons (Fsp3) is 0.562. The highest BCUT2D eigenvalue weighted by Gasteiger charge is 2.23. The van der Waals surface area contributed by atoms with Crippen molar-refractivity contribution in [3.63, 3.8) is 0 Å². The first-order valence-corrected chi connectivity index (χ1v) is 7.24. The minimum absolute atomic E-state index is 0.0451. The number of aliphatic hydroxyl groups excluding tert-OH is 1. The molecule has 0 radical (unpaired) electrons. The summed E-state index contributed by atoms with van der Waals surface area (Å²) in [4.78, 5) is 12.3. The maximum atomic E-state index is 12.3. The third-order valence-corrected chi connectivity index (χ3v) is 4.20. The smallest absolute Gasteiger partial charge is 0.251 e. The number of β-amino-alcohol motifs (C(OH)–C–C–N with tert-alkyl or cyclic N) is 1. The Hall–Kier alpha value is -1.39. The number of hydrogen-bond donors (Lipinski definition) is 3. The van der Waals surface area contributed by atoms with Crippen LogP contribution in [0.2, 0.25) is 0 Å². The van der Waals surface area contributed by atoms with Crippen LogP contribution in [0.5, 0.6) is 0 Å². The van der Waals surface area contributed by atoms with Gasteiger partial charge in [-0.1, -0.05) is 6.07 Å². The summed E-state index contributed by atoms with van der Waals surface area (Å²) in [6, 6.07) is 3.99. The lowest BCUT2D eigenvalue weighted by molar-refractivity contribution is 0.0753. The molecule has 0 spiro atoms.